The van der Waals surface area contributed by atoms with Crippen molar-refractivity contribution in [2.75, 3.05) is 20.6 Å². The summed E-state index contributed by atoms with van der Waals surface area (Å²) in [5.74, 6) is -1.47. The van der Waals surface area contributed by atoms with Crippen LogP contribution in [0.4, 0.5) is 8.78 Å². The highest BCUT2D eigenvalue weighted by Gasteiger charge is 2.07. The lowest BCUT2D eigenvalue weighted by atomic mass is 10.1. The zero-order chi connectivity index (χ0) is 11.4. The summed E-state index contributed by atoms with van der Waals surface area (Å²) in [6.45, 7) is 2.55. The van der Waals surface area contributed by atoms with Gasteiger partial charge in [0.15, 0.2) is 11.6 Å². The normalized spacial score (nSPS) is 11.1. The maximum atomic E-state index is 13.0. The average Bonchev–Trinajstić information content (AvgIpc) is 2.13. The van der Waals surface area contributed by atoms with Crippen LogP contribution in [0.2, 0.25) is 0 Å². The molecule has 0 amide bonds. The van der Waals surface area contributed by atoms with Crippen LogP contribution in [0.1, 0.15) is 17.5 Å². The van der Waals surface area contributed by atoms with E-state index in [9.17, 15) is 8.78 Å². The van der Waals surface area contributed by atoms with E-state index in [4.69, 9.17) is 0 Å². The molecule has 0 aromatic heterocycles. The van der Waals surface area contributed by atoms with Gasteiger partial charge in [-0.05, 0) is 57.6 Å². The van der Waals surface area contributed by atoms with Gasteiger partial charge in [-0.3, -0.25) is 0 Å². The van der Waals surface area contributed by atoms with Gasteiger partial charge in [-0.1, -0.05) is 6.07 Å². The van der Waals surface area contributed by atoms with Crippen molar-refractivity contribution in [3.63, 3.8) is 0 Å². The highest BCUT2D eigenvalue weighted by Crippen LogP contribution is 2.15. The summed E-state index contributed by atoms with van der Waals surface area (Å²) in [7, 11) is 3.99. The van der Waals surface area contributed by atoms with Gasteiger partial charge in [-0.25, -0.2) is 8.78 Å². The molecule has 0 aliphatic carbocycles. The summed E-state index contributed by atoms with van der Waals surface area (Å²) in [6, 6.07) is 3.01. The Kier molecular flexibility index (Phi) is 4.21. The van der Waals surface area contributed by atoms with Gasteiger partial charge in [-0.15, -0.1) is 0 Å². The first kappa shape index (κ1) is 12.1. The van der Waals surface area contributed by atoms with Crippen molar-refractivity contribution in [3.05, 3.63) is 34.9 Å². The van der Waals surface area contributed by atoms with Crippen LogP contribution < -0.4 is 0 Å². The molecule has 1 rings (SSSR count). The lowest BCUT2D eigenvalue weighted by molar-refractivity contribution is 0.400. The molecule has 1 nitrogen and oxygen atoms in total. The van der Waals surface area contributed by atoms with Gasteiger partial charge in [0.1, 0.15) is 0 Å². The third-order valence-electron chi connectivity index (χ3n) is 2.34. The van der Waals surface area contributed by atoms with E-state index in [1.165, 1.54) is 6.07 Å². The number of hydrogen-bond donors (Lipinski definition) is 0. The third kappa shape index (κ3) is 3.59. The monoisotopic (exact) mass is 213 g/mol. The fourth-order valence-electron chi connectivity index (χ4n) is 1.54. The predicted molar refractivity (Wildman–Crippen MR) is 58.0 cm³/mol. The number of benzene rings is 1. The van der Waals surface area contributed by atoms with E-state index in [-0.39, 0.29) is 0 Å². The van der Waals surface area contributed by atoms with E-state index in [0.717, 1.165) is 24.9 Å². The van der Waals surface area contributed by atoms with Gasteiger partial charge < -0.3 is 4.90 Å². The standard InChI is InChI=1S/C12H17F2N/c1-9-7-10(5-4-6-15(2)3)8-11(13)12(9)14/h7-8H,4-6H2,1-3H3. The van der Waals surface area contributed by atoms with Crippen LogP contribution in [-0.4, -0.2) is 25.5 Å². The van der Waals surface area contributed by atoms with Crippen molar-refractivity contribution in [1.82, 2.24) is 4.90 Å². The minimum atomic E-state index is -0.741. The molecule has 0 atom stereocenters. The van der Waals surface area contributed by atoms with Gasteiger partial charge in [-0.2, -0.15) is 0 Å². The van der Waals surface area contributed by atoms with Crippen LogP contribution in [0.5, 0.6) is 0 Å². The van der Waals surface area contributed by atoms with E-state index in [0.29, 0.717) is 5.56 Å². The highest BCUT2D eigenvalue weighted by atomic mass is 19.2. The average molecular weight is 213 g/mol. The van der Waals surface area contributed by atoms with Crippen LogP contribution in [0.3, 0.4) is 0 Å². The van der Waals surface area contributed by atoms with Crippen molar-refractivity contribution in [2.45, 2.75) is 19.8 Å². The van der Waals surface area contributed by atoms with Crippen LogP contribution in [0.15, 0.2) is 12.1 Å². The van der Waals surface area contributed by atoms with Crippen molar-refractivity contribution in [1.29, 1.82) is 0 Å². The zero-order valence-corrected chi connectivity index (χ0v) is 9.48. The molecule has 1 aromatic carbocycles. The van der Waals surface area contributed by atoms with Crippen LogP contribution >= 0.6 is 0 Å². The van der Waals surface area contributed by atoms with Crippen molar-refractivity contribution < 1.29 is 8.78 Å². The zero-order valence-electron chi connectivity index (χ0n) is 9.48. The topological polar surface area (TPSA) is 3.24 Å². The molecular formula is C12H17F2N. The summed E-state index contributed by atoms with van der Waals surface area (Å²) < 4.78 is 26.0. The summed E-state index contributed by atoms with van der Waals surface area (Å²) in [5, 5.41) is 0. The largest absolute Gasteiger partial charge is 0.309 e. The first-order valence-electron chi connectivity index (χ1n) is 5.10. The van der Waals surface area contributed by atoms with Gasteiger partial charge >= 0.3 is 0 Å². The van der Waals surface area contributed by atoms with Gasteiger partial charge in [0.05, 0.1) is 0 Å². The number of aryl methyl sites for hydroxylation is 2. The highest BCUT2D eigenvalue weighted by molar-refractivity contribution is 5.25. The summed E-state index contributed by atoms with van der Waals surface area (Å²) in [4.78, 5) is 2.08. The maximum Gasteiger partial charge on any atom is 0.161 e. The number of rotatable bonds is 4. The smallest absolute Gasteiger partial charge is 0.161 e. The summed E-state index contributed by atoms with van der Waals surface area (Å²) in [5.41, 5.74) is 1.25. The fourth-order valence-corrected chi connectivity index (χ4v) is 1.54. The van der Waals surface area contributed by atoms with Crippen molar-refractivity contribution in [3.8, 4) is 0 Å². The first-order valence-corrected chi connectivity index (χ1v) is 5.10. The molecule has 1 aromatic rings. The van der Waals surface area contributed by atoms with E-state index >= 15 is 0 Å². The molecule has 15 heavy (non-hydrogen) atoms. The minimum Gasteiger partial charge on any atom is -0.309 e. The maximum absolute atomic E-state index is 13.0. The molecule has 0 aliphatic rings. The molecule has 0 unspecified atom stereocenters. The Labute approximate surface area is 89.7 Å². The molecular weight excluding hydrogens is 196 g/mol. The Morgan fingerprint density at radius 2 is 1.87 bits per heavy atom. The quantitative estimate of drug-likeness (QED) is 0.743. The molecule has 0 saturated carbocycles. The Bertz CT molecular complexity index is 311. The Hall–Kier alpha value is -0.960. The molecule has 0 N–H and O–H groups in total. The molecule has 0 radical (unpaired) electrons. The second-order valence-corrected chi connectivity index (χ2v) is 4.12. The Balaban J connectivity index is 2.63. The molecule has 0 fully saturated rings. The summed E-state index contributed by atoms with van der Waals surface area (Å²) in [6.07, 6.45) is 1.74. The SMILES string of the molecule is Cc1cc(CCCN(C)C)cc(F)c1F. The van der Waals surface area contributed by atoms with E-state index in [1.54, 1.807) is 13.0 Å². The molecule has 3 heteroatoms. The van der Waals surface area contributed by atoms with Gasteiger partial charge in [0.25, 0.3) is 0 Å². The Morgan fingerprint density at radius 1 is 1.20 bits per heavy atom. The molecule has 0 aliphatic heterocycles. The number of nitrogens with zero attached hydrogens (tertiary/aromatic N) is 1. The number of hydrogen-bond acceptors (Lipinski definition) is 1. The molecule has 0 spiro atoms. The lowest BCUT2D eigenvalue weighted by Crippen LogP contribution is -2.13. The molecule has 0 saturated heterocycles. The minimum absolute atomic E-state index is 0.384. The fraction of sp³-hybridized carbons (Fsp3) is 0.500. The summed E-state index contributed by atoms with van der Waals surface area (Å²) >= 11 is 0. The van der Waals surface area contributed by atoms with Crippen LogP contribution in [0.25, 0.3) is 0 Å². The van der Waals surface area contributed by atoms with Gasteiger partial charge in [0.2, 0.25) is 0 Å². The van der Waals surface area contributed by atoms with E-state index in [1.807, 2.05) is 14.1 Å². The van der Waals surface area contributed by atoms with Crippen LogP contribution in [-0.2, 0) is 6.42 Å². The molecule has 84 valence electrons. The third-order valence-corrected chi connectivity index (χ3v) is 2.34. The first-order chi connectivity index (χ1) is 7.00. The predicted octanol–water partition coefficient (Wildman–Crippen LogP) is 2.77. The second kappa shape index (κ2) is 5.21. The van der Waals surface area contributed by atoms with Crippen molar-refractivity contribution in [2.24, 2.45) is 0 Å². The molecule has 0 bridgehead atoms. The van der Waals surface area contributed by atoms with Crippen molar-refractivity contribution >= 4 is 0 Å². The van der Waals surface area contributed by atoms with E-state index in [2.05, 4.69) is 4.90 Å². The second-order valence-electron chi connectivity index (χ2n) is 4.12. The Morgan fingerprint density at radius 3 is 2.40 bits per heavy atom. The molecule has 0 heterocycles. The number of halogens is 2. The van der Waals surface area contributed by atoms with Crippen LogP contribution in [0, 0.1) is 18.6 Å². The lowest BCUT2D eigenvalue weighted by Gasteiger charge is -2.09. The van der Waals surface area contributed by atoms with Gasteiger partial charge in [0, 0.05) is 0 Å². The van der Waals surface area contributed by atoms with E-state index < -0.39 is 11.6 Å².